The smallest absolute Gasteiger partial charge is 0.261 e. The van der Waals surface area contributed by atoms with E-state index in [9.17, 15) is 4.79 Å². The molecule has 7 nitrogen and oxygen atoms in total. The van der Waals surface area contributed by atoms with Crippen LogP contribution in [0.25, 0.3) is 11.2 Å². The molecule has 0 aliphatic rings. The molecule has 0 saturated heterocycles. The Hall–Kier alpha value is -2.25. The summed E-state index contributed by atoms with van der Waals surface area (Å²) < 4.78 is 0. The Morgan fingerprint density at radius 2 is 2.05 bits per heavy atom. The zero-order valence-corrected chi connectivity index (χ0v) is 11.3. The number of anilines is 1. The van der Waals surface area contributed by atoms with Crippen molar-refractivity contribution in [1.29, 1.82) is 0 Å². The lowest BCUT2D eigenvalue weighted by atomic mass is 10.3. The van der Waals surface area contributed by atoms with Crippen molar-refractivity contribution in [2.45, 2.75) is 0 Å². The molecule has 0 radical (unpaired) electrons. The van der Waals surface area contributed by atoms with E-state index in [1.165, 1.54) is 12.5 Å². The number of carbonyl (C=O) groups is 1. The van der Waals surface area contributed by atoms with Crippen molar-refractivity contribution in [3.8, 4) is 0 Å². The summed E-state index contributed by atoms with van der Waals surface area (Å²) in [5.41, 5.74) is 1.08. The van der Waals surface area contributed by atoms with E-state index in [1.54, 1.807) is 12.1 Å². The average Bonchev–Trinajstić information content (AvgIpc) is 2.88. The molecular formula is C11H6Cl2N6O. The second kappa shape index (κ2) is 5.03. The first kappa shape index (κ1) is 12.8. The Morgan fingerprint density at radius 3 is 2.85 bits per heavy atom. The highest BCUT2D eigenvalue weighted by molar-refractivity contribution is 6.34. The van der Waals surface area contributed by atoms with E-state index in [-0.39, 0.29) is 21.8 Å². The van der Waals surface area contributed by atoms with Crippen LogP contribution in [0, 0.1) is 0 Å². The maximum Gasteiger partial charge on any atom is 0.261 e. The van der Waals surface area contributed by atoms with Crippen LogP contribution in [0.1, 0.15) is 10.4 Å². The third-order valence-corrected chi connectivity index (χ3v) is 3.05. The Balaban J connectivity index is 1.93. The lowest BCUT2D eigenvalue weighted by Gasteiger charge is -2.04. The predicted octanol–water partition coefficient (Wildman–Crippen LogP) is 2.31. The van der Waals surface area contributed by atoms with E-state index in [0.29, 0.717) is 11.2 Å². The summed E-state index contributed by atoms with van der Waals surface area (Å²) >= 11 is 11.8. The average molecular weight is 309 g/mol. The number of fused-ring (bicyclic) bond motifs is 1. The van der Waals surface area contributed by atoms with Gasteiger partial charge in [-0.2, -0.15) is 9.97 Å². The molecule has 0 aliphatic heterocycles. The largest absolute Gasteiger partial charge is 0.341 e. The molecule has 0 spiro atoms. The molecule has 2 N–H and O–H groups in total. The minimum absolute atomic E-state index is 0.0412. The number of nitrogens with one attached hydrogen (secondary N) is 2. The maximum absolute atomic E-state index is 12.0. The van der Waals surface area contributed by atoms with Crippen molar-refractivity contribution < 1.29 is 4.79 Å². The Morgan fingerprint density at radius 1 is 1.20 bits per heavy atom. The number of halogens is 2. The third-order valence-electron chi connectivity index (χ3n) is 2.47. The van der Waals surface area contributed by atoms with E-state index in [4.69, 9.17) is 23.2 Å². The molecule has 0 fully saturated rings. The number of aromatic nitrogens is 5. The number of aromatic amines is 1. The fourth-order valence-corrected chi connectivity index (χ4v) is 2.00. The van der Waals surface area contributed by atoms with Crippen LogP contribution in [0.4, 0.5) is 5.95 Å². The molecule has 0 atom stereocenters. The zero-order chi connectivity index (χ0) is 14.1. The topological polar surface area (TPSA) is 96.5 Å². The number of hydrogen-bond acceptors (Lipinski definition) is 5. The van der Waals surface area contributed by atoms with Crippen LogP contribution in [0.3, 0.4) is 0 Å². The van der Waals surface area contributed by atoms with Gasteiger partial charge in [-0.15, -0.1) is 0 Å². The van der Waals surface area contributed by atoms with Gasteiger partial charge in [0.05, 0.1) is 11.9 Å². The van der Waals surface area contributed by atoms with Gasteiger partial charge in [0.1, 0.15) is 10.7 Å². The van der Waals surface area contributed by atoms with Gasteiger partial charge < -0.3 is 4.98 Å². The van der Waals surface area contributed by atoms with Gasteiger partial charge in [0.25, 0.3) is 5.91 Å². The monoisotopic (exact) mass is 308 g/mol. The summed E-state index contributed by atoms with van der Waals surface area (Å²) in [6.45, 7) is 0. The van der Waals surface area contributed by atoms with Crippen LogP contribution in [0.2, 0.25) is 10.3 Å². The van der Waals surface area contributed by atoms with Gasteiger partial charge in [0.15, 0.2) is 10.8 Å². The van der Waals surface area contributed by atoms with E-state index in [2.05, 4.69) is 30.2 Å². The van der Waals surface area contributed by atoms with Gasteiger partial charge in [0, 0.05) is 6.20 Å². The molecule has 0 bridgehead atoms. The van der Waals surface area contributed by atoms with E-state index in [1.807, 2.05) is 0 Å². The number of rotatable bonds is 2. The fourth-order valence-electron chi connectivity index (χ4n) is 1.58. The SMILES string of the molecule is O=C(Nc1nc(Cl)c2[nH]cnc2n1)c1cccnc1Cl. The molecule has 3 rings (SSSR count). The minimum Gasteiger partial charge on any atom is -0.341 e. The number of pyridine rings is 1. The van der Waals surface area contributed by atoms with Crippen molar-refractivity contribution >= 4 is 46.2 Å². The van der Waals surface area contributed by atoms with Crippen molar-refractivity contribution in [2.75, 3.05) is 5.32 Å². The molecule has 3 heterocycles. The van der Waals surface area contributed by atoms with Gasteiger partial charge in [-0.1, -0.05) is 23.2 Å². The van der Waals surface area contributed by atoms with Crippen molar-refractivity contribution in [3.05, 3.63) is 40.5 Å². The summed E-state index contributed by atoms with van der Waals surface area (Å²) in [6.07, 6.45) is 2.93. The van der Waals surface area contributed by atoms with Crippen LogP contribution < -0.4 is 5.32 Å². The summed E-state index contributed by atoms with van der Waals surface area (Å²) in [7, 11) is 0. The predicted molar refractivity (Wildman–Crippen MR) is 73.9 cm³/mol. The molecule has 0 saturated carbocycles. The summed E-state index contributed by atoms with van der Waals surface area (Å²) in [6, 6.07) is 3.14. The van der Waals surface area contributed by atoms with E-state index in [0.717, 1.165) is 0 Å². The summed E-state index contributed by atoms with van der Waals surface area (Å²) in [5.74, 6) is -0.437. The van der Waals surface area contributed by atoms with Crippen molar-refractivity contribution in [1.82, 2.24) is 24.9 Å². The number of imidazole rings is 1. The molecule has 0 unspecified atom stereocenters. The van der Waals surface area contributed by atoms with Crippen molar-refractivity contribution in [3.63, 3.8) is 0 Å². The lowest BCUT2D eigenvalue weighted by molar-refractivity contribution is 0.102. The van der Waals surface area contributed by atoms with Gasteiger partial charge >= 0.3 is 0 Å². The first-order valence-corrected chi connectivity index (χ1v) is 6.19. The zero-order valence-electron chi connectivity index (χ0n) is 9.76. The highest BCUT2D eigenvalue weighted by atomic mass is 35.5. The Bertz CT molecular complexity index is 802. The quantitative estimate of drug-likeness (QED) is 0.559. The molecule has 3 aromatic rings. The van der Waals surface area contributed by atoms with Crippen molar-refractivity contribution in [2.24, 2.45) is 0 Å². The highest BCUT2D eigenvalue weighted by Gasteiger charge is 2.14. The molecular weight excluding hydrogens is 303 g/mol. The lowest BCUT2D eigenvalue weighted by Crippen LogP contribution is -2.15. The minimum atomic E-state index is -0.478. The Kier molecular flexibility index (Phi) is 3.21. The molecule has 0 aromatic carbocycles. The standard InChI is InChI=1S/C11H6Cl2N6O/c12-7-5(2-1-3-14-7)10(20)19-11-17-8(13)6-9(18-11)16-4-15-6/h1-4H,(H2,15,16,17,18,19,20). The molecule has 9 heteroatoms. The first-order chi connectivity index (χ1) is 9.65. The van der Waals surface area contributed by atoms with Crippen LogP contribution in [0.15, 0.2) is 24.7 Å². The molecule has 0 aliphatic carbocycles. The van der Waals surface area contributed by atoms with Crippen LogP contribution in [-0.4, -0.2) is 30.8 Å². The van der Waals surface area contributed by atoms with Gasteiger partial charge in [-0.25, -0.2) is 9.97 Å². The van der Waals surface area contributed by atoms with Gasteiger partial charge in [-0.05, 0) is 12.1 Å². The molecule has 1 amide bonds. The van der Waals surface area contributed by atoms with E-state index >= 15 is 0 Å². The van der Waals surface area contributed by atoms with E-state index < -0.39 is 5.91 Å². The van der Waals surface area contributed by atoms with Gasteiger partial charge in [0.2, 0.25) is 5.95 Å². The van der Waals surface area contributed by atoms with Crippen LogP contribution in [0.5, 0.6) is 0 Å². The molecule has 20 heavy (non-hydrogen) atoms. The second-order valence-corrected chi connectivity index (χ2v) is 4.45. The summed E-state index contributed by atoms with van der Waals surface area (Å²) in [5, 5.41) is 2.76. The number of hydrogen-bond donors (Lipinski definition) is 2. The normalized spacial score (nSPS) is 10.7. The van der Waals surface area contributed by atoms with Gasteiger partial charge in [-0.3, -0.25) is 10.1 Å². The fraction of sp³-hybridized carbons (Fsp3) is 0. The number of carbonyl (C=O) groups excluding carboxylic acids is 1. The third kappa shape index (κ3) is 2.28. The summed E-state index contributed by atoms with van der Waals surface area (Å²) in [4.78, 5) is 30.6. The number of H-pyrrole nitrogens is 1. The molecule has 100 valence electrons. The molecule has 3 aromatic heterocycles. The Labute approximate surface area is 122 Å². The number of amides is 1. The number of nitrogens with zero attached hydrogens (tertiary/aromatic N) is 4. The second-order valence-electron chi connectivity index (χ2n) is 3.74. The maximum atomic E-state index is 12.0. The van der Waals surface area contributed by atoms with Crippen LogP contribution >= 0.6 is 23.2 Å². The van der Waals surface area contributed by atoms with Crippen LogP contribution in [-0.2, 0) is 0 Å². The first-order valence-electron chi connectivity index (χ1n) is 5.43. The highest BCUT2D eigenvalue weighted by Crippen LogP contribution is 2.19.